The van der Waals surface area contributed by atoms with Crippen LogP contribution in [0, 0.1) is 5.82 Å². The van der Waals surface area contributed by atoms with Crippen LogP contribution in [0.2, 0.25) is 5.02 Å². The predicted molar refractivity (Wildman–Crippen MR) is 127 cm³/mol. The third-order valence-corrected chi connectivity index (χ3v) is 5.74. The van der Waals surface area contributed by atoms with E-state index in [0.29, 0.717) is 18.4 Å². The van der Waals surface area contributed by atoms with E-state index in [2.05, 4.69) is 22.2 Å². The summed E-state index contributed by atoms with van der Waals surface area (Å²) in [5.74, 6) is -0.315. The third-order valence-electron chi connectivity index (χ3n) is 5.31. The van der Waals surface area contributed by atoms with Crippen molar-refractivity contribution in [3.05, 3.63) is 83.3 Å². The largest absolute Gasteiger partial charge is 0.465 e. The Hall–Kier alpha value is -3.65. The number of nitrogens with one attached hydrogen (secondary N) is 2. The van der Waals surface area contributed by atoms with E-state index in [0.717, 1.165) is 16.3 Å². The number of benzene rings is 2. The molecule has 0 fully saturated rings. The molecule has 9 heteroatoms. The number of carboxylic acid groups (broad SMARTS) is 1. The number of likely N-dealkylation sites (N-methyl/N-ethyl adjacent to an activating group) is 1. The number of carbonyl (C=O) groups is 2. The quantitative estimate of drug-likeness (QED) is 0.382. The Bertz CT molecular complexity index is 1190. The lowest BCUT2D eigenvalue weighted by atomic mass is 9.97. The molecule has 0 aliphatic rings. The van der Waals surface area contributed by atoms with Gasteiger partial charge in [-0.1, -0.05) is 48.0 Å². The van der Waals surface area contributed by atoms with Crippen molar-refractivity contribution in [2.75, 3.05) is 12.4 Å². The molecule has 1 aromatic heterocycles. The van der Waals surface area contributed by atoms with E-state index in [4.69, 9.17) is 16.7 Å². The molecule has 3 N–H and O–H groups in total. The normalized spacial score (nSPS) is 11.6. The molecule has 3 amide bonds. The van der Waals surface area contributed by atoms with Crippen molar-refractivity contribution in [1.82, 2.24) is 15.2 Å². The van der Waals surface area contributed by atoms with E-state index in [1.807, 2.05) is 18.2 Å². The monoisotopic (exact) mass is 470 g/mol. The minimum atomic E-state index is -1.20. The molecule has 0 saturated heterocycles. The first kappa shape index (κ1) is 24.0. The molecule has 1 unspecified atom stereocenters. The fraction of sp³-hybridized carbons (Fsp3) is 0.208. The number of hydrogen-bond acceptors (Lipinski definition) is 3. The van der Waals surface area contributed by atoms with E-state index >= 15 is 0 Å². The van der Waals surface area contributed by atoms with Gasteiger partial charge in [0.25, 0.3) is 0 Å². The van der Waals surface area contributed by atoms with Gasteiger partial charge in [-0.2, -0.15) is 0 Å². The minimum Gasteiger partial charge on any atom is -0.465 e. The van der Waals surface area contributed by atoms with Crippen LogP contribution >= 0.6 is 11.6 Å². The lowest BCUT2D eigenvalue weighted by molar-refractivity contribution is 0.189. The average molecular weight is 471 g/mol. The summed E-state index contributed by atoms with van der Waals surface area (Å²) in [5, 5.41) is 15.7. The zero-order valence-corrected chi connectivity index (χ0v) is 18.8. The number of halogens is 2. The van der Waals surface area contributed by atoms with Crippen molar-refractivity contribution in [3.63, 3.8) is 0 Å². The number of hydrogen-bond donors (Lipinski definition) is 3. The number of carbonyl (C=O) groups excluding carboxylic acids is 1. The van der Waals surface area contributed by atoms with Gasteiger partial charge in [-0.15, -0.1) is 6.58 Å². The zero-order chi connectivity index (χ0) is 24.0. The summed E-state index contributed by atoms with van der Waals surface area (Å²) in [7, 11) is 1.68. The molecule has 3 rings (SSSR count). The number of amides is 3. The molecule has 0 aliphatic heterocycles. The van der Waals surface area contributed by atoms with Crippen LogP contribution in [-0.4, -0.2) is 40.2 Å². The summed E-state index contributed by atoms with van der Waals surface area (Å²) in [6.45, 7) is 3.89. The van der Waals surface area contributed by atoms with Gasteiger partial charge in [0.1, 0.15) is 11.6 Å². The smallest absolute Gasteiger partial charge is 0.410 e. The SMILES string of the molecule is C=CCC(Cc1cccc2cnc(NC(=O)O)cc12)N(C)C(=O)NCc1cccc(F)c1Cl. The number of urea groups is 1. The first-order chi connectivity index (χ1) is 15.8. The average Bonchev–Trinajstić information content (AvgIpc) is 2.79. The maximum atomic E-state index is 13.7. The first-order valence-corrected chi connectivity index (χ1v) is 10.6. The maximum Gasteiger partial charge on any atom is 0.410 e. The first-order valence-electron chi connectivity index (χ1n) is 10.2. The summed E-state index contributed by atoms with van der Waals surface area (Å²) in [5.41, 5.74) is 1.42. The minimum absolute atomic E-state index is 0.0155. The Morgan fingerprint density at radius 1 is 1.27 bits per heavy atom. The van der Waals surface area contributed by atoms with Gasteiger partial charge in [-0.3, -0.25) is 5.32 Å². The maximum absolute atomic E-state index is 13.7. The fourth-order valence-electron chi connectivity index (χ4n) is 3.56. The number of rotatable bonds is 8. The van der Waals surface area contributed by atoms with Gasteiger partial charge in [-0.05, 0) is 41.5 Å². The molecular weight excluding hydrogens is 447 g/mol. The highest BCUT2D eigenvalue weighted by molar-refractivity contribution is 6.31. The standard InChI is InChI=1S/C24H24ClFN4O3/c1-3-6-18(30(2)23(31)28-14-17-9-5-10-20(26)22(17)25)11-15-7-4-8-16-13-27-21(12-19(15)16)29-24(32)33/h3-5,7-10,12-13,18H,1,6,11,14H2,2H3,(H,27,29)(H,28,31)(H,32,33). The number of nitrogens with zero attached hydrogens (tertiary/aromatic N) is 2. The second-order valence-electron chi connectivity index (χ2n) is 7.50. The second-order valence-corrected chi connectivity index (χ2v) is 7.88. The molecule has 2 aromatic carbocycles. The fourth-order valence-corrected chi connectivity index (χ4v) is 3.75. The van der Waals surface area contributed by atoms with E-state index in [1.54, 1.807) is 36.4 Å². The van der Waals surface area contributed by atoms with Crippen molar-refractivity contribution in [1.29, 1.82) is 0 Å². The lowest BCUT2D eigenvalue weighted by Crippen LogP contribution is -2.44. The van der Waals surface area contributed by atoms with E-state index in [1.165, 1.54) is 12.1 Å². The Labute approximate surface area is 195 Å². The molecule has 0 saturated carbocycles. The predicted octanol–water partition coefficient (Wildman–Crippen LogP) is 5.45. The Kier molecular flexibility index (Phi) is 7.84. The molecule has 172 valence electrons. The Morgan fingerprint density at radius 2 is 2.00 bits per heavy atom. The molecule has 3 aromatic rings. The number of pyridine rings is 1. The van der Waals surface area contributed by atoms with Crippen LogP contribution in [0.4, 0.5) is 19.8 Å². The van der Waals surface area contributed by atoms with Gasteiger partial charge in [-0.25, -0.2) is 19.0 Å². The summed E-state index contributed by atoms with van der Waals surface area (Å²) in [6, 6.07) is 11.3. The molecule has 0 spiro atoms. The van der Waals surface area contributed by atoms with Crippen molar-refractivity contribution < 1.29 is 19.1 Å². The highest BCUT2D eigenvalue weighted by Crippen LogP contribution is 2.24. The summed E-state index contributed by atoms with van der Waals surface area (Å²) in [6.07, 6.45) is 3.18. The van der Waals surface area contributed by atoms with Crippen LogP contribution in [0.5, 0.6) is 0 Å². The van der Waals surface area contributed by atoms with Crippen LogP contribution in [0.1, 0.15) is 17.5 Å². The van der Waals surface area contributed by atoms with Crippen LogP contribution < -0.4 is 10.6 Å². The van der Waals surface area contributed by atoms with E-state index in [-0.39, 0.29) is 29.5 Å². The molecule has 1 atom stereocenters. The van der Waals surface area contributed by atoms with Gasteiger partial charge in [0.2, 0.25) is 0 Å². The lowest BCUT2D eigenvalue weighted by Gasteiger charge is -2.28. The van der Waals surface area contributed by atoms with Crippen molar-refractivity contribution in [2.45, 2.75) is 25.4 Å². The van der Waals surface area contributed by atoms with Gasteiger partial charge in [0, 0.05) is 31.2 Å². The molecule has 7 nitrogen and oxygen atoms in total. The highest BCUT2D eigenvalue weighted by Gasteiger charge is 2.21. The third kappa shape index (κ3) is 5.98. The van der Waals surface area contributed by atoms with Gasteiger partial charge < -0.3 is 15.3 Å². The molecule has 1 heterocycles. The summed E-state index contributed by atoms with van der Waals surface area (Å²) >= 11 is 5.98. The van der Waals surface area contributed by atoms with Crippen molar-refractivity contribution in [3.8, 4) is 0 Å². The number of fused-ring (bicyclic) bond motifs is 1. The topological polar surface area (TPSA) is 94.6 Å². The number of anilines is 1. The molecule has 0 aliphatic carbocycles. The van der Waals surface area contributed by atoms with Gasteiger partial charge in [0.15, 0.2) is 0 Å². The van der Waals surface area contributed by atoms with Crippen LogP contribution in [0.15, 0.2) is 61.3 Å². The van der Waals surface area contributed by atoms with E-state index in [9.17, 15) is 14.0 Å². The summed E-state index contributed by atoms with van der Waals surface area (Å²) < 4.78 is 13.7. The van der Waals surface area contributed by atoms with Crippen LogP contribution in [-0.2, 0) is 13.0 Å². The van der Waals surface area contributed by atoms with Gasteiger partial charge >= 0.3 is 12.1 Å². The van der Waals surface area contributed by atoms with Crippen molar-refractivity contribution in [2.24, 2.45) is 0 Å². The van der Waals surface area contributed by atoms with Gasteiger partial charge in [0.05, 0.1) is 5.02 Å². The molecule has 0 radical (unpaired) electrons. The molecule has 0 bridgehead atoms. The van der Waals surface area contributed by atoms with Crippen LogP contribution in [0.25, 0.3) is 10.8 Å². The summed E-state index contributed by atoms with van der Waals surface area (Å²) in [4.78, 5) is 29.5. The molecular formula is C24H24ClFN4O3. The zero-order valence-electron chi connectivity index (χ0n) is 18.0. The molecule has 33 heavy (non-hydrogen) atoms. The Balaban J connectivity index is 1.78. The van der Waals surface area contributed by atoms with Crippen LogP contribution in [0.3, 0.4) is 0 Å². The van der Waals surface area contributed by atoms with Crippen molar-refractivity contribution >= 4 is 40.3 Å². The van der Waals surface area contributed by atoms with E-state index < -0.39 is 11.9 Å². The highest BCUT2D eigenvalue weighted by atomic mass is 35.5. The number of aromatic nitrogens is 1. The Morgan fingerprint density at radius 3 is 2.73 bits per heavy atom. The second kappa shape index (κ2) is 10.8.